The Morgan fingerprint density at radius 1 is 1.43 bits per heavy atom. The predicted octanol–water partition coefficient (Wildman–Crippen LogP) is 1.29. The monoisotopic (exact) mass is 192 g/mol. The van der Waals surface area contributed by atoms with Crippen LogP contribution in [0, 0.1) is 5.92 Å². The van der Waals surface area contributed by atoms with Gasteiger partial charge in [-0.15, -0.1) is 0 Å². The fourth-order valence-electron chi connectivity index (χ4n) is 1.59. The van der Waals surface area contributed by atoms with Crippen LogP contribution in [0.4, 0.5) is 11.6 Å². The molecule has 1 aromatic heterocycles. The number of hydrogen-bond acceptors (Lipinski definition) is 4. The number of aromatic nitrogens is 2. The van der Waals surface area contributed by atoms with Crippen LogP contribution in [0.1, 0.15) is 19.8 Å². The van der Waals surface area contributed by atoms with Gasteiger partial charge in [0.05, 0.1) is 18.1 Å². The molecule has 0 radical (unpaired) electrons. The third-order valence-electron chi connectivity index (χ3n) is 2.89. The minimum Gasteiger partial charge on any atom is -0.396 e. The molecule has 76 valence electrons. The maximum absolute atomic E-state index is 5.53. The van der Waals surface area contributed by atoms with E-state index in [2.05, 4.69) is 21.8 Å². The highest BCUT2D eigenvalue weighted by molar-refractivity contribution is 5.38. The molecule has 4 heteroatoms. The van der Waals surface area contributed by atoms with Gasteiger partial charge in [-0.05, 0) is 25.7 Å². The predicted molar refractivity (Wildman–Crippen MR) is 57.0 cm³/mol. The molecule has 1 atom stereocenters. The van der Waals surface area contributed by atoms with Crippen LogP contribution in [-0.2, 0) is 0 Å². The molecule has 1 aliphatic carbocycles. The van der Waals surface area contributed by atoms with E-state index in [1.807, 2.05) is 7.05 Å². The van der Waals surface area contributed by atoms with Crippen molar-refractivity contribution in [3.05, 3.63) is 12.4 Å². The molecule has 1 unspecified atom stereocenters. The smallest absolute Gasteiger partial charge is 0.225 e. The number of nitrogen functional groups attached to an aromatic ring is 1. The summed E-state index contributed by atoms with van der Waals surface area (Å²) in [7, 11) is 2.04. The van der Waals surface area contributed by atoms with Gasteiger partial charge in [0, 0.05) is 13.1 Å². The van der Waals surface area contributed by atoms with Crippen molar-refractivity contribution >= 4 is 11.6 Å². The van der Waals surface area contributed by atoms with E-state index < -0.39 is 0 Å². The molecule has 0 spiro atoms. The number of rotatable bonds is 3. The Labute approximate surface area is 84.2 Å². The summed E-state index contributed by atoms with van der Waals surface area (Å²) in [6, 6.07) is 0.527. The maximum Gasteiger partial charge on any atom is 0.225 e. The van der Waals surface area contributed by atoms with E-state index in [1.54, 1.807) is 12.4 Å². The van der Waals surface area contributed by atoms with Gasteiger partial charge in [-0.25, -0.2) is 9.97 Å². The van der Waals surface area contributed by atoms with Crippen molar-refractivity contribution in [1.82, 2.24) is 9.97 Å². The highest BCUT2D eigenvalue weighted by Gasteiger charge is 2.31. The zero-order valence-electron chi connectivity index (χ0n) is 8.64. The van der Waals surface area contributed by atoms with Crippen LogP contribution in [0.3, 0.4) is 0 Å². The average molecular weight is 192 g/mol. The zero-order chi connectivity index (χ0) is 10.1. The fourth-order valence-corrected chi connectivity index (χ4v) is 1.59. The van der Waals surface area contributed by atoms with Crippen LogP contribution < -0.4 is 10.6 Å². The summed E-state index contributed by atoms with van der Waals surface area (Å²) >= 11 is 0. The molecule has 1 aliphatic rings. The Balaban J connectivity index is 2.09. The van der Waals surface area contributed by atoms with Crippen LogP contribution in [0.5, 0.6) is 0 Å². The van der Waals surface area contributed by atoms with Crippen molar-refractivity contribution in [3.8, 4) is 0 Å². The topological polar surface area (TPSA) is 55.0 Å². The number of hydrogen-bond donors (Lipinski definition) is 1. The fraction of sp³-hybridized carbons (Fsp3) is 0.600. The second kappa shape index (κ2) is 3.44. The standard InChI is InChI=1S/C10H16N4/c1-7(8-3-4-8)14(2)10-12-5-9(11)6-13-10/h5-8H,3-4,11H2,1-2H3. The lowest BCUT2D eigenvalue weighted by Crippen LogP contribution is -2.31. The minimum absolute atomic E-state index is 0.527. The van der Waals surface area contributed by atoms with E-state index in [1.165, 1.54) is 12.8 Å². The van der Waals surface area contributed by atoms with Gasteiger partial charge >= 0.3 is 0 Å². The van der Waals surface area contributed by atoms with Gasteiger partial charge in [-0.1, -0.05) is 0 Å². The Kier molecular flexibility index (Phi) is 2.27. The van der Waals surface area contributed by atoms with Crippen molar-refractivity contribution in [3.63, 3.8) is 0 Å². The van der Waals surface area contributed by atoms with Crippen LogP contribution in [0.2, 0.25) is 0 Å². The molecule has 0 aromatic carbocycles. The average Bonchev–Trinajstić information content (AvgIpc) is 3.00. The Bertz CT molecular complexity index is 304. The third kappa shape index (κ3) is 1.78. The molecule has 1 aromatic rings. The summed E-state index contributed by atoms with van der Waals surface area (Å²) < 4.78 is 0. The van der Waals surface area contributed by atoms with E-state index in [4.69, 9.17) is 5.73 Å². The lowest BCUT2D eigenvalue weighted by molar-refractivity contribution is 0.597. The van der Waals surface area contributed by atoms with Gasteiger partial charge in [-0.2, -0.15) is 0 Å². The van der Waals surface area contributed by atoms with Crippen molar-refractivity contribution in [2.45, 2.75) is 25.8 Å². The summed E-state index contributed by atoms with van der Waals surface area (Å²) in [6.45, 7) is 2.22. The molecular weight excluding hydrogens is 176 g/mol. The van der Waals surface area contributed by atoms with Crippen LogP contribution in [-0.4, -0.2) is 23.1 Å². The van der Waals surface area contributed by atoms with Gasteiger partial charge in [0.15, 0.2) is 0 Å². The number of nitrogens with zero attached hydrogens (tertiary/aromatic N) is 3. The molecule has 0 amide bonds. The van der Waals surface area contributed by atoms with Crippen LogP contribution >= 0.6 is 0 Å². The second-order valence-electron chi connectivity index (χ2n) is 4.01. The van der Waals surface area contributed by atoms with Gasteiger partial charge in [0.25, 0.3) is 0 Å². The minimum atomic E-state index is 0.527. The lowest BCUT2D eigenvalue weighted by atomic mass is 10.2. The van der Waals surface area contributed by atoms with Gasteiger partial charge in [0.2, 0.25) is 5.95 Å². The molecule has 1 fully saturated rings. The molecule has 0 aliphatic heterocycles. The summed E-state index contributed by atoms with van der Waals surface area (Å²) in [4.78, 5) is 10.5. The van der Waals surface area contributed by atoms with Crippen LogP contribution in [0.15, 0.2) is 12.4 Å². The molecule has 2 rings (SSSR count). The molecule has 0 saturated heterocycles. The highest BCUT2D eigenvalue weighted by atomic mass is 15.3. The lowest BCUT2D eigenvalue weighted by Gasteiger charge is -2.24. The van der Waals surface area contributed by atoms with E-state index in [0.717, 1.165) is 11.9 Å². The molecule has 1 heterocycles. The number of nitrogens with two attached hydrogens (primary N) is 1. The number of anilines is 2. The molecule has 0 bridgehead atoms. The molecular formula is C10H16N4. The van der Waals surface area contributed by atoms with Crippen molar-refractivity contribution < 1.29 is 0 Å². The Morgan fingerprint density at radius 3 is 2.50 bits per heavy atom. The van der Waals surface area contributed by atoms with Crippen molar-refractivity contribution in [2.75, 3.05) is 17.7 Å². The first kappa shape index (κ1) is 9.24. The highest BCUT2D eigenvalue weighted by Crippen LogP contribution is 2.35. The summed E-state index contributed by atoms with van der Waals surface area (Å²) in [5.41, 5.74) is 6.14. The first-order chi connectivity index (χ1) is 6.68. The van der Waals surface area contributed by atoms with Crippen molar-refractivity contribution in [1.29, 1.82) is 0 Å². The summed E-state index contributed by atoms with van der Waals surface area (Å²) in [5.74, 6) is 1.58. The first-order valence-corrected chi connectivity index (χ1v) is 4.99. The first-order valence-electron chi connectivity index (χ1n) is 4.99. The van der Waals surface area contributed by atoms with Crippen LogP contribution in [0.25, 0.3) is 0 Å². The SMILES string of the molecule is CC(C1CC1)N(C)c1ncc(N)cn1. The van der Waals surface area contributed by atoms with E-state index in [0.29, 0.717) is 11.7 Å². The Morgan fingerprint density at radius 2 is 2.00 bits per heavy atom. The van der Waals surface area contributed by atoms with Gasteiger partial charge < -0.3 is 10.6 Å². The van der Waals surface area contributed by atoms with Gasteiger partial charge in [0.1, 0.15) is 0 Å². The molecule has 14 heavy (non-hydrogen) atoms. The van der Waals surface area contributed by atoms with E-state index in [9.17, 15) is 0 Å². The molecule has 1 saturated carbocycles. The summed E-state index contributed by atoms with van der Waals surface area (Å²) in [6.07, 6.45) is 5.97. The quantitative estimate of drug-likeness (QED) is 0.784. The molecule has 4 nitrogen and oxygen atoms in total. The Hall–Kier alpha value is -1.32. The second-order valence-corrected chi connectivity index (χ2v) is 4.01. The van der Waals surface area contributed by atoms with Crippen molar-refractivity contribution in [2.24, 2.45) is 5.92 Å². The largest absolute Gasteiger partial charge is 0.396 e. The molecule has 2 N–H and O–H groups in total. The summed E-state index contributed by atoms with van der Waals surface area (Å²) in [5, 5.41) is 0. The third-order valence-corrected chi connectivity index (χ3v) is 2.89. The zero-order valence-corrected chi connectivity index (χ0v) is 8.64. The van der Waals surface area contributed by atoms with E-state index in [-0.39, 0.29) is 0 Å². The van der Waals surface area contributed by atoms with Gasteiger partial charge in [-0.3, -0.25) is 0 Å². The van der Waals surface area contributed by atoms with E-state index >= 15 is 0 Å². The normalized spacial score (nSPS) is 17.9. The maximum atomic E-state index is 5.53.